The van der Waals surface area contributed by atoms with Gasteiger partial charge in [-0.2, -0.15) is 0 Å². The van der Waals surface area contributed by atoms with Gasteiger partial charge in [0.2, 0.25) is 5.89 Å². The van der Waals surface area contributed by atoms with Gasteiger partial charge in [0.15, 0.2) is 11.5 Å². The number of oxazole rings is 1. The van der Waals surface area contributed by atoms with Crippen molar-refractivity contribution in [1.29, 1.82) is 0 Å². The van der Waals surface area contributed by atoms with Crippen LogP contribution in [0.3, 0.4) is 0 Å². The van der Waals surface area contributed by atoms with E-state index in [-0.39, 0.29) is 11.8 Å². The van der Waals surface area contributed by atoms with E-state index in [9.17, 15) is 9.90 Å². The van der Waals surface area contributed by atoms with Crippen LogP contribution in [-0.4, -0.2) is 36.4 Å². The molecule has 1 aliphatic carbocycles. The lowest BCUT2D eigenvalue weighted by Crippen LogP contribution is -2.19. The first-order valence-corrected chi connectivity index (χ1v) is 12.3. The van der Waals surface area contributed by atoms with E-state index >= 15 is 0 Å². The quantitative estimate of drug-likeness (QED) is 0.323. The first-order chi connectivity index (χ1) is 17.0. The van der Waals surface area contributed by atoms with Crippen LogP contribution in [0.2, 0.25) is 0 Å². The van der Waals surface area contributed by atoms with E-state index in [1.807, 2.05) is 44.2 Å². The minimum absolute atomic E-state index is 0.0913. The lowest BCUT2D eigenvalue weighted by atomic mass is 9.85. The van der Waals surface area contributed by atoms with Gasteiger partial charge in [0.25, 0.3) is 0 Å². The zero-order valence-electron chi connectivity index (χ0n) is 20.6. The van der Waals surface area contributed by atoms with E-state index in [4.69, 9.17) is 18.6 Å². The number of hydrogen-bond acceptors (Lipinski definition) is 6. The van der Waals surface area contributed by atoms with Crippen molar-refractivity contribution in [3.05, 3.63) is 59.5 Å². The number of benzene rings is 2. The highest BCUT2D eigenvalue weighted by Crippen LogP contribution is 2.41. The molecule has 1 unspecified atom stereocenters. The second-order valence-corrected chi connectivity index (χ2v) is 8.77. The van der Waals surface area contributed by atoms with Crippen molar-refractivity contribution in [3.8, 4) is 28.7 Å². The van der Waals surface area contributed by atoms with Crippen LogP contribution < -0.4 is 14.2 Å². The first-order valence-electron chi connectivity index (χ1n) is 12.3. The number of carboxylic acid groups (broad SMARTS) is 1. The van der Waals surface area contributed by atoms with Crippen molar-refractivity contribution < 1.29 is 28.5 Å². The van der Waals surface area contributed by atoms with Crippen molar-refractivity contribution >= 4 is 5.97 Å². The van der Waals surface area contributed by atoms with Crippen LogP contribution in [0.1, 0.15) is 55.8 Å². The molecule has 0 radical (unpaired) electrons. The summed E-state index contributed by atoms with van der Waals surface area (Å²) in [5.74, 6) is 1.72. The second-order valence-electron chi connectivity index (χ2n) is 8.77. The number of aryl methyl sites for hydroxylation is 2. The Morgan fingerprint density at radius 2 is 1.97 bits per heavy atom. The van der Waals surface area contributed by atoms with E-state index in [1.54, 1.807) is 13.4 Å². The number of aliphatic carboxylic acids is 1. The minimum atomic E-state index is -0.708. The molecule has 35 heavy (non-hydrogen) atoms. The maximum Gasteiger partial charge on any atom is 0.307 e. The zero-order chi connectivity index (χ0) is 24.8. The van der Waals surface area contributed by atoms with E-state index < -0.39 is 5.97 Å². The van der Waals surface area contributed by atoms with E-state index in [1.165, 1.54) is 5.56 Å². The molecule has 0 fully saturated rings. The predicted molar refractivity (Wildman–Crippen MR) is 132 cm³/mol. The number of fused-ring (bicyclic) bond motifs is 1. The molecule has 186 valence electrons. The Hall–Kier alpha value is -3.48. The van der Waals surface area contributed by atoms with Gasteiger partial charge in [-0.05, 0) is 73.1 Å². The number of methoxy groups -OCH3 is 1. The Morgan fingerprint density at radius 1 is 1.14 bits per heavy atom. The maximum atomic E-state index is 11.6. The highest BCUT2D eigenvalue weighted by molar-refractivity contribution is 5.72. The molecule has 2 aromatic carbocycles. The highest BCUT2D eigenvalue weighted by Gasteiger charge is 2.33. The normalized spacial score (nSPS) is 15.5. The number of hydrogen-bond donors (Lipinski definition) is 1. The van der Waals surface area contributed by atoms with Crippen LogP contribution in [0, 0.1) is 5.92 Å². The van der Waals surface area contributed by atoms with Crippen molar-refractivity contribution in [1.82, 2.24) is 4.98 Å². The van der Waals surface area contributed by atoms with E-state index in [0.29, 0.717) is 43.4 Å². The van der Waals surface area contributed by atoms with Crippen LogP contribution in [-0.2, 0) is 17.6 Å². The summed E-state index contributed by atoms with van der Waals surface area (Å²) in [6.45, 7) is 4.98. The van der Waals surface area contributed by atoms with Gasteiger partial charge in [-0.15, -0.1) is 0 Å². The monoisotopic (exact) mass is 479 g/mol. The summed E-state index contributed by atoms with van der Waals surface area (Å²) < 4.78 is 22.9. The number of carboxylic acids is 1. The summed E-state index contributed by atoms with van der Waals surface area (Å²) in [5, 5.41) is 9.52. The average molecular weight is 480 g/mol. The molecule has 0 bridgehead atoms. The molecular weight excluding hydrogens is 446 g/mol. The van der Waals surface area contributed by atoms with Crippen LogP contribution in [0.4, 0.5) is 0 Å². The molecule has 1 heterocycles. The SMILES string of the molecule is CCc1coc(-c2ccc(OCCCOc3ccc4c(c3)CC[C@H]4C(CC)C(=O)O)c(OC)c2)n1. The summed E-state index contributed by atoms with van der Waals surface area (Å²) in [4.78, 5) is 16.0. The number of rotatable bonds is 12. The molecule has 1 aromatic heterocycles. The molecule has 0 saturated carbocycles. The topological polar surface area (TPSA) is 91.0 Å². The molecular formula is C28H33NO6. The summed E-state index contributed by atoms with van der Waals surface area (Å²) in [7, 11) is 1.61. The molecule has 1 N–H and O–H groups in total. The average Bonchev–Trinajstić information content (AvgIpc) is 3.51. The second kappa shape index (κ2) is 11.3. The van der Waals surface area contributed by atoms with Crippen LogP contribution in [0.15, 0.2) is 47.1 Å². The Morgan fingerprint density at radius 3 is 2.69 bits per heavy atom. The van der Waals surface area contributed by atoms with Gasteiger partial charge >= 0.3 is 5.97 Å². The Bertz CT molecular complexity index is 1150. The van der Waals surface area contributed by atoms with Crippen molar-refractivity contribution in [3.63, 3.8) is 0 Å². The third-order valence-corrected chi connectivity index (χ3v) is 6.62. The van der Waals surface area contributed by atoms with Gasteiger partial charge in [0.1, 0.15) is 12.0 Å². The minimum Gasteiger partial charge on any atom is -0.493 e. The van der Waals surface area contributed by atoms with Crippen LogP contribution in [0.25, 0.3) is 11.5 Å². The Labute approximate surface area is 206 Å². The van der Waals surface area contributed by atoms with E-state index in [0.717, 1.165) is 41.8 Å². The summed E-state index contributed by atoms with van der Waals surface area (Å²) in [6, 6.07) is 11.7. The van der Waals surface area contributed by atoms with Crippen molar-refractivity contribution in [2.45, 2.75) is 51.9 Å². The van der Waals surface area contributed by atoms with Crippen LogP contribution >= 0.6 is 0 Å². The molecule has 0 spiro atoms. The summed E-state index contributed by atoms with van der Waals surface area (Å²) >= 11 is 0. The van der Waals surface area contributed by atoms with Crippen LogP contribution in [0.5, 0.6) is 17.2 Å². The summed E-state index contributed by atoms with van der Waals surface area (Å²) in [6.07, 6.45) is 5.62. The number of ether oxygens (including phenoxy) is 3. The molecule has 1 aliphatic rings. The first kappa shape index (κ1) is 24.6. The van der Waals surface area contributed by atoms with Gasteiger partial charge in [0, 0.05) is 12.0 Å². The fraction of sp³-hybridized carbons (Fsp3) is 0.429. The molecule has 2 atom stereocenters. The van der Waals surface area contributed by atoms with Gasteiger partial charge < -0.3 is 23.7 Å². The largest absolute Gasteiger partial charge is 0.493 e. The molecule has 3 aromatic rings. The third-order valence-electron chi connectivity index (χ3n) is 6.62. The number of carbonyl (C=O) groups is 1. The lowest BCUT2D eigenvalue weighted by molar-refractivity contribution is -0.142. The number of aromatic nitrogens is 1. The summed E-state index contributed by atoms with van der Waals surface area (Å²) in [5.41, 5.74) is 4.10. The lowest BCUT2D eigenvalue weighted by Gasteiger charge is -2.19. The fourth-order valence-electron chi connectivity index (χ4n) is 4.72. The molecule has 4 rings (SSSR count). The standard InChI is InChI=1S/C28H33NO6/c1-4-20-17-35-27(29-20)19-8-12-25(26(16-19)32-3)34-14-6-13-33-21-9-11-23-18(15-21)7-10-24(23)22(5-2)28(30)31/h8-9,11-12,15-17,22,24H,4-7,10,13-14H2,1-3H3,(H,30,31)/t22?,24-/m0/s1. The molecule has 7 nitrogen and oxygen atoms in total. The van der Waals surface area contributed by atoms with Crippen molar-refractivity contribution in [2.75, 3.05) is 20.3 Å². The Kier molecular flexibility index (Phi) is 7.95. The third kappa shape index (κ3) is 5.61. The molecule has 0 aliphatic heterocycles. The smallest absolute Gasteiger partial charge is 0.307 e. The maximum absolute atomic E-state index is 11.6. The van der Waals surface area contributed by atoms with Gasteiger partial charge in [-0.25, -0.2) is 4.98 Å². The molecule has 0 saturated heterocycles. The Balaban J connectivity index is 1.28. The fourth-order valence-corrected chi connectivity index (χ4v) is 4.72. The zero-order valence-corrected chi connectivity index (χ0v) is 20.6. The van der Waals surface area contributed by atoms with Gasteiger partial charge in [-0.3, -0.25) is 4.79 Å². The predicted octanol–water partition coefficient (Wildman–Crippen LogP) is 5.90. The highest BCUT2D eigenvalue weighted by atomic mass is 16.5. The molecule has 7 heteroatoms. The van der Waals surface area contributed by atoms with Gasteiger partial charge in [-0.1, -0.05) is 19.9 Å². The van der Waals surface area contributed by atoms with E-state index in [2.05, 4.69) is 11.1 Å². The van der Waals surface area contributed by atoms with Crippen molar-refractivity contribution in [2.24, 2.45) is 5.92 Å². The molecule has 0 amide bonds. The number of nitrogens with zero attached hydrogens (tertiary/aromatic N) is 1. The van der Waals surface area contributed by atoms with Gasteiger partial charge in [0.05, 0.1) is 31.9 Å².